The summed E-state index contributed by atoms with van der Waals surface area (Å²) in [6, 6.07) is 9.38. The molecule has 0 saturated carbocycles. The molecule has 0 saturated heterocycles. The number of ketones is 1. The first-order valence-corrected chi connectivity index (χ1v) is 7.39. The van der Waals surface area contributed by atoms with Crippen LogP contribution >= 0.6 is 11.8 Å². The molecule has 1 heterocycles. The predicted molar refractivity (Wildman–Crippen MR) is 82.0 cm³/mol. The van der Waals surface area contributed by atoms with E-state index in [0.717, 1.165) is 10.7 Å². The van der Waals surface area contributed by atoms with Gasteiger partial charge in [0.2, 0.25) is 0 Å². The lowest BCUT2D eigenvalue weighted by atomic mass is 9.85. The predicted octanol–water partition coefficient (Wildman–Crippen LogP) is 3.12. The fourth-order valence-electron chi connectivity index (χ4n) is 1.75. The number of nitrogens with zero attached hydrogens (tertiary/aromatic N) is 1. The lowest BCUT2D eigenvalue weighted by Gasteiger charge is -2.32. The van der Waals surface area contributed by atoms with E-state index >= 15 is 0 Å². The standard InChI is InChI=1S/C15H20N2OS/c1-14(2)15(3,4)17-13(16-14)19-10-12(18)11-8-6-5-7-9-11/h5-9H,10H2,1-4H3,(H,16,17). The van der Waals surface area contributed by atoms with Crippen molar-refractivity contribution in [1.82, 2.24) is 5.32 Å². The normalized spacial score (nSPS) is 19.7. The summed E-state index contributed by atoms with van der Waals surface area (Å²) in [4.78, 5) is 16.7. The topological polar surface area (TPSA) is 41.5 Å². The van der Waals surface area contributed by atoms with E-state index in [-0.39, 0.29) is 16.9 Å². The second-order valence-electron chi connectivity index (χ2n) is 5.80. The highest BCUT2D eigenvalue weighted by molar-refractivity contribution is 8.14. The number of thioether (sulfide) groups is 1. The summed E-state index contributed by atoms with van der Waals surface area (Å²) < 4.78 is 0. The van der Waals surface area contributed by atoms with E-state index in [1.807, 2.05) is 30.3 Å². The van der Waals surface area contributed by atoms with E-state index in [4.69, 9.17) is 0 Å². The summed E-state index contributed by atoms with van der Waals surface area (Å²) in [5, 5.41) is 4.25. The van der Waals surface area contributed by atoms with Crippen LogP contribution in [-0.4, -0.2) is 27.8 Å². The van der Waals surface area contributed by atoms with Crippen LogP contribution in [0.25, 0.3) is 0 Å². The molecule has 0 radical (unpaired) electrons. The zero-order valence-corrected chi connectivity index (χ0v) is 12.7. The summed E-state index contributed by atoms with van der Waals surface area (Å²) in [5.41, 5.74) is 0.531. The van der Waals surface area contributed by atoms with Crippen LogP contribution in [0.3, 0.4) is 0 Å². The molecular weight excluding hydrogens is 256 g/mol. The molecule has 1 aromatic carbocycles. The largest absolute Gasteiger partial charge is 0.358 e. The summed E-state index contributed by atoms with van der Waals surface area (Å²) in [7, 11) is 0. The Kier molecular flexibility index (Phi) is 3.72. The van der Waals surface area contributed by atoms with Gasteiger partial charge in [-0.15, -0.1) is 0 Å². The fraction of sp³-hybridized carbons (Fsp3) is 0.467. The number of Topliss-reactive ketones (excluding diaryl/α,β-unsaturated/α-hetero) is 1. The van der Waals surface area contributed by atoms with Gasteiger partial charge < -0.3 is 5.32 Å². The van der Waals surface area contributed by atoms with Gasteiger partial charge in [-0.05, 0) is 27.7 Å². The van der Waals surface area contributed by atoms with Crippen molar-refractivity contribution in [1.29, 1.82) is 0 Å². The van der Waals surface area contributed by atoms with Crippen LogP contribution in [0.15, 0.2) is 35.3 Å². The lowest BCUT2D eigenvalue weighted by molar-refractivity contribution is 0.102. The van der Waals surface area contributed by atoms with Crippen LogP contribution in [0.5, 0.6) is 0 Å². The second kappa shape index (κ2) is 5.00. The molecule has 1 aliphatic heterocycles. The number of carbonyl (C=O) groups is 1. The molecule has 0 spiro atoms. The maximum atomic E-state index is 12.0. The molecule has 0 unspecified atom stereocenters. The highest BCUT2D eigenvalue weighted by Gasteiger charge is 2.42. The van der Waals surface area contributed by atoms with E-state index in [9.17, 15) is 4.79 Å². The molecule has 0 bridgehead atoms. The average Bonchev–Trinajstić information content (AvgIpc) is 2.56. The Morgan fingerprint density at radius 2 is 1.84 bits per heavy atom. The van der Waals surface area contributed by atoms with Gasteiger partial charge in [-0.2, -0.15) is 0 Å². The third-order valence-electron chi connectivity index (χ3n) is 3.77. The van der Waals surface area contributed by atoms with Crippen LogP contribution in [0.1, 0.15) is 38.1 Å². The number of rotatable bonds is 3. The third-order valence-corrected chi connectivity index (χ3v) is 4.64. The van der Waals surface area contributed by atoms with Gasteiger partial charge in [-0.25, -0.2) is 0 Å². The van der Waals surface area contributed by atoms with E-state index < -0.39 is 0 Å². The lowest BCUT2D eigenvalue weighted by Crippen LogP contribution is -2.49. The Balaban J connectivity index is 1.96. The number of aliphatic imine (C=N–C) groups is 1. The Morgan fingerprint density at radius 1 is 1.21 bits per heavy atom. The van der Waals surface area contributed by atoms with Crippen LogP contribution in [-0.2, 0) is 0 Å². The van der Waals surface area contributed by atoms with Crippen molar-refractivity contribution in [2.24, 2.45) is 4.99 Å². The molecule has 0 fully saturated rings. The second-order valence-corrected chi connectivity index (χ2v) is 6.77. The molecule has 0 aromatic heterocycles. The SMILES string of the molecule is CC1(C)N=C(SCC(=O)c2ccccc2)NC1(C)C. The summed E-state index contributed by atoms with van der Waals surface area (Å²) in [5.74, 6) is 0.555. The van der Waals surface area contributed by atoms with Crippen LogP contribution in [0.4, 0.5) is 0 Å². The first-order valence-electron chi connectivity index (χ1n) is 6.41. The van der Waals surface area contributed by atoms with Gasteiger partial charge in [-0.1, -0.05) is 42.1 Å². The summed E-state index contributed by atoms with van der Waals surface area (Å²) in [6.45, 7) is 8.46. The van der Waals surface area contributed by atoms with E-state index in [1.165, 1.54) is 11.8 Å². The highest BCUT2D eigenvalue weighted by atomic mass is 32.2. The quantitative estimate of drug-likeness (QED) is 0.862. The van der Waals surface area contributed by atoms with Crippen molar-refractivity contribution in [3.8, 4) is 0 Å². The van der Waals surface area contributed by atoms with Gasteiger partial charge in [0.1, 0.15) is 0 Å². The minimum atomic E-state index is -0.148. The third kappa shape index (κ3) is 3.00. The molecule has 1 N–H and O–H groups in total. The Bertz CT molecular complexity index is 506. The minimum absolute atomic E-state index is 0.0782. The monoisotopic (exact) mass is 276 g/mol. The number of nitrogens with one attached hydrogen (secondary N) is 1. The molecular formula is C15H20N2OS. The minimum Gasteiger partial charge on any atom is -0.358 e. The van der Waals surface area contributed by atoms with E-state index in [1.54, 1.807) is 0 Å². The summed E-state index contributed by atoms with van der Waals surface area (Å²) in [6.07, 6.45) is 0. The zero-order valence-electron chi connectivity index (χ0n) is 11.9. The van der Waals surface area contributed by atoms with Crippen molar-refractivity contribution in [2.45, 2.75) is 38.8 Å². The molecule has 4 heteroatoms. The van der Waals surface area contributed by atoms with Gasteiger partial charge in [0.15, 0.2) is 11.0 Å². The van der Waals surface area contributed by atoms with Gasteiger partial charge in [0.05, 0.1) is 16.8 Å². The molecule has 1 aliphatic rings. The molecule has 2 rings (SSSR count). The molecule has 19 heavy (non-hydrogen) atoms. The molecule has 102 valence electrons. The Morgan fingerprint density at radius 3 is 2.37 bits per heavy atom. The fourth-order valence-corrected chi connectivity index (χ4v) is 2.81. The maximum Gasteiger partial charge on any atom is 0.173 e. The maximum absolute atomic E-state index is 12.0. The van der Waals surface area contributed by atoms with Gasteiger partial charge >= 0.3 is 0 Å². The van der Waals surface area contributed by atoms with E-state index in [0.29, 0.717) is 5.75 Å². The van der Waals surface area contributed by atoms with Gasteiger partial charge in [0, 0.05) is 5.56 Å². The average molecular weight is 276 g/mol. The number of amidine groups is 1. The molecule has 0 amide bonds. The summed E-state index contributed by atoms with van der Waals surface area (Å²) >= 11 is 1.48. The molecule has 1 aromatic rings. The number of carbonyl (C=O) groups excluding carboxylic acids is 1. The van der Waals surface area contributed by atoms with Crippen molar-refractivity contribution in [3.63, 3.8) is 0 Å². The Labute approximate surface area is 118 Å². The van der Waals surface area contributed by atoms with Gasteiger partial charge in [-0.3, -0.25) is 9.79 Å². The molecule has 0 atom stereocenters. The smallest absolute Gasteiger partial charge is 0.173 e. The van der Waals surface area contributed by atoms with Gasteiger partial charge in [0.25, 0.3) is 0 Å². The van der Waals surface area contributed by atoms with Crippen LogP contribution < -0.4 is 5.32 Å². The van der Waals surface area contributed by atoms with Crippen molar-refractivity contribution in [3.05, 3.63) is 35.9 Å². The van der Waals surface area contributed by atoms with Crippen molar-refractivity contribution in [2.75, 3.05) is 5.75 Å². The first-order chi connectivity index (χ1) is 8.82. The highest BCUT2D eigenvalue weighted by Crippen LogP contribution is 2.32. The molecule has 0 aliphatic carbocycles. The number of hydrogen-bond donors (Lipinski definition) is 1. The van der Waals surface area contributed by atoms with Crippen LogP contribution in [0.2, 0.25) is 0 Å². The Hall–Kier alpha value is -1.29. The van der Waals surface area contributed by atoms with Crippen molar-refractivity contribution < 1.29 is 4.79 Å². The molecule has 3 nitrogen and oxygen atoms in total. The number of benzene rings is 1. The van der Waals surface area contributed by atoms with Crippen LogP contribution in [0, 0.1) is 0 Å². The zero-order chi connectivity index (χ0) is 14.1. The van der Waals surface area contributed by atoms with E-state index in [2.05, 4.69) is 38.0 Å². The number of hydrogen-bond acceptors (Lipinski definition) is 4. The first kappa shape index (κ1) is 14.1. The van der Waals surface area contributed by atoms with Crippen molar-refractivity contribution >= 4 is 22.7 Å².